The largest absolute Gasteiger partial charge is 0.472 e. The molecule has 0 aromatic carbocycles. The molecule has 120 valence electrons. The van der Waals surface area contributed by atoms with Crippen LogP contribution in [0.25, 0.3) is 0 Å². The van der Waals surface area contributed by atoms with Gasteiger partial charge in [0.05, 0.1) is 12.5 Å². The quantitative estimate of drug-likeness (QED) is 0.709. The molecule has 0 fully saturated rings. The monoisotopic (exact) mass is 350 g/mol. The van der Waals surface area contributed by atoms with Crippen LogP contribution in [0.4, 0.5) is 0 Å². The molecule has 6 nitrogen and oxygen atoms in total. The zero-order valence-corrected chi connectivity index (χ0v) is 13.5. The summed E-state index contributed by atoms with van der Waals surface area (Å²) in [5.74, 6) is 0. The van der Waals surface area contributed by atoms with Gasteiger partial charge in [0.2, 0.25) is 10.0 Å². The van der Waals surface area contributed by atoms with Crippen molar-refractivity contribution in [2.75, 3.05) is 6.54 Å². The highest BCUT2D eigenvalue weighted by Gasteiger charge is 2.35. The number of thiophene rings is 1. The van der Waals surface area contributed by atoms with Gasteiger partial charge in [0.1, 0.15) is 10.5 Å². The van der Waals surface area contributed by atoms with Crippen LogP contribution in [-0.2, 0) is 15.6 Å². The molecule has 3 aromatic rings. The number of sulfonamides is 1. The molecular formula is C15H14N2O4S2. The molecule has 0 saturated heterocycles. The number of rotatable bonds is 6. The molecule has 0 spiro atoms. The van der Waals surface area contributed by atoms with Gasteiger partial charge >= 0.3 is 0 Å². The fourth-order valence-electron chi connectivity index (χ4n) is 2.13. The van der Waals surface area contributed by atoms with Crippen LogP contribution < -0.4 is 4.72 Å². The van der Waals surface area contributed by atoms with Crippen molar-refractivity contribution < 1.29 is 17.9 Å². The topological polar surface area (TPSA) is 92.4 Å². The number of hydrogen-bond acceptors (Lipinski definition) is 6. The maximum atomic E-state index is 12.3. The minimum atomic E-state index is -3.77. The lowest BCUT2D eigenvalue weighted by Gasteiger charge is -2.26. The SMILES string of the molecule is O=S(=O)(NC[C@](O)(c1ccoc1)c1cccs1)c1cccnc1. The van der Waals surface area contributed by atoms with Crippen molar-refractivity contribution in [2.45, 2.75) is 10.5 Å². The summed E-state index contributed by atoms with van der Waals surface area (Å²) >= 11 is 1.34. The third-order valence-electron chi connectivity index (χ3n) is 3.39. The number of aliphatic hydroxyl groups is 1. The van der Waals surface area contributed by atoms with Gasteiger partial charge in [0, 0.05) is 29.4 Å². The summed E-state index contributed by atoms with van der Waals surface area (Å²) in [4.78, 5) is 4.46. The van der Waals surface area contributed by atoms with E-state index in [-0.39, 0.29) is 11.4 Å². The molecule has 23 heavy (non-hydrogen) atoms. The van der Waals surface area contributed by atoms with Gasteiger partial charge in [-0.3, -0.25) is 4.98 Å². The van der Waals surface area contributed by atoms with Crippen molar-refractivity contribution >= 4 is 21.4 Å². The summed E-state index contributed by atoms with van der Waals surface area (Å²) in [7, 11) is -3.77. The molecule has 0 aliphatic rings. The van der Waals surface area contributed by atoms with Crippen LogP contribution in [0.2, 0.25) is 0 Å². The summed E-state index contributed by atoms with van der Waals surface area (Å²) < 4.78 is 32.1. The van der Waals surface area contributed by atoms with Gasteiger partial charge in [-0.2, -0.15) is 0 Å². The van der Waals surface area contributed by atoms with Crippen molar-refractivity contribution in [2.24, 2.45) is 0 Å². The molecule has 3 aromatic heterocycles. The van der Waals surface area contributed by atoms with Crippen LogP contribution in [0.5, 0.6) is 0 Å². The van der Waals surface area contributed by atoms with E-state index < -0.39 is 15.6 Å². The van der Waals surface area contributed by atoms with Crippen molar-refractivity contribution in [3.8, 4) is 0 Å². The van der Waals surface area contributed by atoms with Gasteiger partial charge in [0.15, 0.2) is 0 Å². The number of hydrogen-bond donors (Lipinski definition) is 2. The maximum Gasteiger partial charge on any atom is 0.242 e. The second-order valence-electron chi connectivity index (χ2n) is 4.86. The molecule has 0 amide bonds. The molecule has 2 N–H and O–H groups in total. The van der Waals surface area contributed by atoms with Gasteiger partial charge in [-0.05, 0) is 29.6 Å². The highest BCUT2D eigenvalue weighted by Crippen LogP contribution is 2.33. The summed E-state index contributed by atoms with van der Waals surface area (Å²) in [6.45, 7) is -0.218. The Bertz CT molecular complexity index is 810. The van der Waals surface area contributed by atoms with E-state index in [1.54, 1.807) is 18.2 Å². The fraction of sp³-hybridized carbons (Fsp3) is 0.133. The molecule has 3 rings (SSSR count). The molecule has 0 saturated carbocycles. The fourth-order valence-corrected chi connectivity index (χ4v) is 4.00. The third kappa shape index (κ3) is 3.20. The van der Waals surface area contributed by atoms with E-state index in [0.29, 0.717) is 10.4 Å². The normalized spacial score (nSPS) is 14.5. The minimum absolute atomic E-state index is 0.0423. The van der Waals surface area contributed by atoms with Crippen LogP contribution in [0, 0.1) is 0 Å². The van der Waals surface area contributed by atoms with Crippen molar-refractivity contribution in [3.05, 3.63) is 71.1 Å². The second kappa shape index (κ2) is 6.25. The zero-order valence-electron chi connectivity index (χ0n) is 11.9. The smallest absolute Gasteiger partial charge is 0.242 e. The Morgan fingerprint density at radius 1 is 1.30 bits per heavy atom. The molecular weight excluding hydrogens is 336 g/mol. The Labute approximate surface area is 137 Å². The number of nitrogens with zero attached hydrogens (tertiary/aromatic N) is 1. The van der Waals surface area contributed by atoms with Gasteiger partial charge in [-0.25, -0.2) is 13.1 Å². The Hall–Kier alpha value is -2.00. The lowest BCUT2D eigenvalue weighted by Crippen LogP contribution is -2.40. The Balaban J connectivity index is 1.89. The van der Waals surface area contributed by atoms with Crippen LogP contribution in [0.15, 0.2) is 69.9 Å². The third-order valence-corrected chi connectivity index (χ3v) is 5.80. The average molecular weight is 350 g/mol. The first-order valence-corrected chi connectivity index (χ1v) is 9.07. The van der Waals surface area contributed by atoms with Crippen molar-refractivity contribution in [3.63, 3.8) is 0 Å². The number of nitrogens with one attached hydrogen (secondary N) is 1. The summed E-state index contributed by atoms with van der Waals surface area (Å²) in [5.41, 5.74) is -1.02. The highest BCUT2D eigenvalue weighted by atomic mass is 32.2. The van der Waals surface area contributed by atoms with E-state index in [4.69, 9.17) is 4.42 Å². The highest BCUT2D eigenvalue weighted by molar-refractivity contribution is 7.89. The predicted molar refractivity (Wildman–Crippen MR) is 85.5 cm³/mol. The Morgan fingerprint density at radius 2 is 2.17 bits per heavy atom. The lowest BCUT2D eigenvalue weighted by atomic mass is 9.95. The standard InChI is InChI=1S/C15H14N2O4S2/c18-15(12-5-7-21-10-12,14-4-2-8-22-14)11-17-23(19,20)13-3-1-6-16-9-13/h1-10,17-18H,11H2/t15-/m0/s1. The lowest BCUT2D eigenvalue weighted by molar-refractivity contribution is 0.0892. The van der Waals surface area contributed by atoms with Crippen LogP contribution >= 0.6 is 11.3 Å². The average Bonchev–Trinajstić information content (AvgIpc) is 3.27. The minimum Gasteiger partial charge on any atom is -0.472 e. The summed E-state index contributed by atoms with van der Waals surface area (Å²) in [5, 5.41) is 12.9. The first kappa shape index (κ1) is 15.9. The van der Waals surface area contributed by atoms with E-state index in [9.17, 15) is 13.5 Å². The molecule has 0 unspecified atom stereocenters. The maximum absolute atomic E-state index is 12.3. The number of pyridine rings is 1. The van der Waals surface area contributed by atoms with Gasteiger partial charge < -0.3 is 9.52 Å². The molecule has 0 aliphatic heterocycles. The number of aromatic nitrogens is 1. The predicted octanol–water partition coefficient (Wildman–Crippen LogP) is 1.95. The molecule has 3 heterocycles. The molecule has 0 aliphatic carbocycles. The number of furan rings is 1. The van der Waals surface area contributed by atoms with Gasteiger partial charge in [-0.15, -0.1) is 11.3 Å². The Kier molecular flexibility index (Phi) is 4.31. The molecule has 8 heteroatoms. The van der Waals surface area contributed by atoms with Crippen molar-refractivity contribution in [1.29, 1.82) is 0 Å². The van der Waals surface area contributed by atoms with E-state index in [0.717, 1.165) is 0 Å². The van der Waals surface area contributed by atoms with Crippen LogP contribution in [0.3, 0.4) is 0 Å². The first-order chi connectivity index (χ1) is 11.0. The van der Waals surface area contributed by atoms with Gasteiger partial charge in [-0.1, -0.05) is 6.07 Å². The van der Waals surface area contributed by atoms with Gasteiger partial charge in [0.25, 0.3) is 0 Å². The molecule has 1 atom stereocenters. The molecule has 0 bridgehead atoms. The van der Waals surface area contributed by atoms with E-state index >= 15 is 0 Å². The van der Waals surface area contributed by atoms with Crippen LogP contribution in [0.1, 0.15) is 10.4 Å². The van der Waals surface area contributed by atoms with E-state index in [1.165, 1.54) is 48.4 Å². The van der Waals surface area contributed by atoms with Crippen molar-refractivity contribution in [1.82, 2.24) is 9.71 Å². The van der Waals surface area contributed by atoms with E-state index in [2.05, 4.69) is 9.71 Å². The van der Waals surface area contributed by atoms with Crippen LogP contribution in [-0.4, -0.2) is 25.1 Å². The summed E-state index contributed by atoms with van der Waals surface area (Å²) in [6.07, 6.45) is 5.58. The zero-order chi connectivity index (χ0) is 16.3. The Morgan fingerprint density at radius 3 is 2.78 bits per heavy atom. The summed E-state index contributed by atoms with van der Waals surface area (Å²) in [6, 6.07) is 8.13. The first-order valence-electron chi connectivity index (χ1n) is 6.71. The van der Waals surface area contributed by atoms with E-state index in [1.807, 2.05) is 5.38 Å². The molecule has 0 radical (unpaired) electrons. The second-order valence-corrected chi connectivity index (χ2v) is 7.58.